The molecule has 3 aromatic carbocycles. The van der Waals surface area contributed by atoms with E-state index in [2.05, 4.69) is 0 Å². The summed E-state index contributed by atoms with van der Waals surface area (Å²) in [4.78, 5) is 74.0. The van der Waals surface area contributed by atoms with Crippen LogP contribution in [-0.2, 0) is 53.1 Å². The highest BCUT2D eigenvalue weighted by Crippen LogP contribution is 2.29. The molecular formula is C24H12Al2O21S3. The Bertz CT molecular complexity index is 2390. The number of hydrogen-bond acceptors (Lipinski definition) is 18. The summed E-state index contributed by atoms with van der Waals surface area (Å²) < 4.78 is 129. The summed E-state index contributed by atoms with van der Waals surface area (Å²) in [5, 5.41) is 0. The predicted molar refractivity (Wildman–Crippen MR) is 153 cm³/mol. The van der Waals surface area contributed by atoms with Crippen molar-refractivity contribution in [3.05, 3.63) is 88.0 Å². The van der Waals surface area contributed by atoms with E-state index in [9.17, 15) is 67.7 Å². The molecule has 0 saturated heterocycles. The van der Waals surface area contributed by atoms with Crippen LogP contribution in [0.4, 0.5) is 0 Å². The zero-order chi connectivity index (χ0) is 36.9. The van der Waals surface area contributed by atoms with Gasteiger partial charge in [0.25, 0.3) is 30.4 Å². The molecule has 0 aromatic heterocycles. The first-order chi connectivity index (χ1) is 23.2. The van der Waals surface area contributed by atoms with Gasteiger partial charge in [0.2, 0.25) is 0 Å². The summed E-state index contributed by atoms with van der Waals surface area (Å²) in [7, 11) is -15.7. The first-order valence-corrected chi connectivity index (χ1v) is 19.9. The first-order valence-electron chi connectivity index (χ1n) is 12.8. The molecule has 0 spiro atoms. The van der Waals surface area contributed by atoms with Crippen LogP contribution in [0.1, 0.15) is 62.1 Å². The van der Waals surface area contributed by atoms with Crippen LogP contribution < -0.4 is 0 Å². The number of carbonyl (C=O) groups is 6. The summed E-state index contributed by atoms with van der Waals surface area (Å²) in [5.74, 6) is -9.92. The molecule has 0 unspecified atom stereocenters. The molecule has 0 aliphatic carbocycles. The van der Waals surface area contributed by atoms with Gasteiger partial charge in [-0.2, -0.15) is 25.3 Å². The van der Waals surface area contributed by atoms with Gasteiger partial charge < -0.3 is 22.7 Å². The van der Waals surface area contributed by atoms with Crippen LogP contribution in [0.25, 0.3) is 0 Å². The molecule has 2 aliphatic rings. The highest BCUT2D eigenvalue weighted by Gasteiger charge is 2.55. The molecule has 0 amide bonds. The second-order valence-electron chi connectivity index (χ2n) is 9.47. The van der Waals surface area contributed by atoms with E-state index in [-0.39, 0.29) is 0 Å². The molecule has 0 radical (unpaired) electrons. The quantitative estimate of drug-likeness (QED) is 0.206. The summed E-state index contributed by atoms with van der Waals surface area (Å²) in [5.41, 5.74) is -5.90. The highest BCUT2D eigenvalue weighted by atomic mass is 32.2. The SMILES string of the molecule is O=C1[O][Al]([O]C(=O)c2cccc(S(=O)(=O)O)c2C(=O)[O][Al]2[O]C(=O)c3cccc(S(=O)(=O)O)c3C(=O)[O]2)[O]C(=O)c2c1cccc2S(=O)(=O)O. The Kier molecular flexibility index (Phi) is 9.65. The number of benzene rings is 3. The average molecular weight is 787 g/mol. The third-order valence-corrected chi connectivity index (χ3v) is 11.5. The van der Waals surface area contributed by atoms with Crippen molar-refractivity contribution in [3.63, 3.8) is 0 Å². The zero-order valence-electron chi connectivity index (χ0n) is 23.8. The Labute approximate surface area is 288 Å². The monoisotopic (exact) mass is 786 g/mol. The van der Waals surface area contributed by atoms with E-state index in [0.29, 0.717) is 12.1 Å². The van der Waals surface area contributed by atoms with E-state index in [4.69, 9.17) is 22.7 Å². The molecule has 21 nitrogen and oxygen atoms in total. The minimum atomic E-state index is -5.42. The second-order valence-corrected chi connectivity index (χ2v) is 16.2. The van der Waals surface area contributed by atoms with Crippen LogP contribution in [-0.4, -0.2) is 105 Å². The summed E-state index contributed by atoms with van der Waals surface area (Å²) in [6, 6.07) is 7.28. The maximum absolute atomic E-state index is 13.3. The first kappa shape index (κ1) is 36.6. The topological polar surface area (TPSA) is 321 Å². The maximum Gasteiger partial charge on any atom is 1.20 e. The number of carbonyl (C=O) groups excluding carboxylic acids is 6. The molecule has 3 N–H and O–H groups in total. The fourth-order valence-corrected chi connectivity index (χ4v) is 8.59. The average Bonchev–Trinajstić information content (AvgIpc) is 3.21. The van der Waals surface area contributed by atoms with Gasteiger partial charge in [0, 0.05) is 0 Å². The lowest BCUT2D eigenvalue weighted by molar-refractivity contribution is 0.0387. The molecule has 26 heteroatoms. The van der Waals surface area contributed by atoms with Gasteiger partial charge in [0.15, 0.2) is 0 Å². The van der Waals surface area contributed by atoms with Crippen molar-refractivity contribution in [2.24, 2.45) is 0 Å². The number of hydrogen-bond donors (Lipinski definition) is 3. The van der Waals surface area contributed by atoms with Crippen LogP contribution >= 0.6 is 0 Å². The maximum atomic E-state index is 13.3. The zero-order valence-corrected chi connectivity index (χ0v) is 28.5. The molecule has 3 aromatic rings. The van der Waals surface area contributed by atoms with Crippen LogP contribution in [0.15, 0.2) is 69.3 Å². The number of rotatable bonds is 7. The minimum absolute atomic E-state index is 0.584. The Morgan fingerprint density at radius 3 is 1.30 bits per heavy atom. The highest BCUT2D eigenvalue weighted by molar-refractivity contribution is 7.86. The minimum Gasteiger partial charge on any atom is -0.547 e. The standard InChI is InChI=1S/3C8H6O7S.2Al/c3*9-7(10)4-2-1-3-5(16(13,14)15)6(4)8(11)12;;/h3*1-3H,(H,9,10)(H,11,12)(H,13,14,15);;/q;;;2*+3/p-6. The molecule has 2 aliphatic heterocycles. The lowest BCUT2D eigenvalue weighted by atomic mass is 10.1. The van der Waals surface area contributed by atoms with Gasteiger partial charge >= 0.3 is 66.1 Å². The third-order valence-electron chi connectivity index (χ3n) is 6.40. The van der Waals surface area contributed by atoms with E-state index < -0.39 is 145 Å². The molecule has 0 atom stereocenters. The smallest absolute Gasteiger partial charge is 0.547 e. The van der Waals surface area contributed by atoms with Crippen LogP contribution in [0.3, 0.4) is 0 Å². The molecular weight excluding hydrogens is 774 g/mol. The van der Waals surface area contributed by atoms with Crippen molar-refractivity contribution in [1.82, 2.24) is 0 Å². The molecule has 0 bridgehead atoms. The van der Waals surface area contributed by atoms with E-state index in [0.717, 1.165) is 42.5 Å². The van der Waals surface area contributed by atoms with Gasteiger partial charge in [-0.3, -0.25) is 13.7 Å². The molecule has 0 saturated carbocycles. The van der Waals surface area contributed by atoms with Crippen LogP contribution in [0.2, 0.25) is 0 Å². The van der Waals surface area contributed by atoms with E-state index in [1.807, 2.05) is 0 Å². The van der Waals surface area contributed by atoms with Crippen molar-refractivity contribution in [2.75, 3.05) is 0 Å². The lowest BCUT2D eigenvalue weighted by Crippen LogP contribution is -2.35. The third kappa shape index (κ3) is 7.25. The Morgan fingerprint density at radius 2 is 0.880 bits per heavy atom. The Balaban J connectivity index is 1.46. The van der Waals surface area contributed by atoms with E-state index in [1.165, 1.54) is 0 Å². The summed E-state index contributed by atoms with van der Waals surface area (Å²) in [6.45, 7) is 0. The van der Waals surface area contributed by atoms with Crippen molar-refractivity contribution in [1.29, 1.82) is 0 Å². The predicted octanol–water partition coefficient (Wildman–Crippen LogP) is -0.235. The second kappa shape index (κ2) is 13.2. The van der Waals surface area contributed by atoms with Gasteiger partial charge in [-0.15, -0.1) is 0 Å². The van der Waals surface area contributed by atoms with Crippen LogP contribution in [0, 0.1) is 0 Å². The fraction of sp³-hybridized carbons (Fsp3) is 0. The van der Waals surface area contributed by atoms with Crippen molar-refractivity contribution < 1.29 is 90.4 Å². The fourth-order valence-electron chi connectivity index (χ4n) is 4.42. The van der Waals surface area contributed by atoms with E-state index in [1.54, 1.807) is 0 Å². The Morgan fingerprint density at radius 1 is 0.520 bits per heavy atom. The van der Waals surface area contributed by atoms with Gasteiger partial charge in [-0.05, 0) is 36.4 Å². The number of fused-ring (bicyclic) bond motifs is 2. The molecule has 0 fully saturated rings. The van der Waals surface area contributed by atoms with Crippen LogP contribution in [0.5, 0.6) is 0 Å². The normalized spacial score (nSPS) is 14.9. The lowest BCUT2D eigenvalue weighted by Gasteiger charge is -2.15. The van der Waals surface area contributed by atoms with Crippen molar-refractivity contribution in [3.8, 4) is 0 Å². The van der Waals surface area contributed by atoms with Crippen molar-refractivity contribution >= 4 is 96.5 Å². The summed E-state index contributed by atoms with van der Waals surface area (Å²) in [6.07, 6.45) is 0. The molecule has 2 heterocycles. The molecule has 258 valence electrons. The Hall–Kier alpha value is -4.73. The van der Waals surface area contributed by atoms with Crippen molar-refractivity contribution in [2.45, 2.75) is 14.7 Å². The van der Waals surface area contributed by atoms with E-state index >= 15 is 0 Å². The van der Waals surface area contributed by atoms with Gasteiger partial charge in [0.05, 0.1) is 33.4 Å². The summed E-state index contributed by atoms with van der Waals surface area (Å²) >= 11 is -8.86. The van der Waals surface area contributed by atoms with Gasteiger partial charge in [-0.25, -0.2) is 28.8 Å². The van der Waals surface area contributed by atoms with Gasteiger partial charge in [0.1, 0.15) is 14.7 Å². The van der Waals surface area contributed by atoms with Gasteiger partial charge in [-0.1, -0.05) is 18.2 Å². The molecule has 5 rings (SSSR count). The molecule has 50 heavy (non-hydrogen) atoms. The largest absolute Gasteiger partial charge is 1.20 e.